The summed E-state index contributed by atoms with van der Waals surface area (Å²) in [5, 5.41) is 15.0. The highest BCUT2D eigenvalue weighted by Gasteiger charge is 2.49. The van der Waals surface area contributed by atoms with Gasteiger partial charge in [0.1, 0.15) is 5.75 Å². The smallest absolute Gasteiger partial charge is 0.306 e. The van der Waals surface area contributed by atoms with Crippen molar-refractivity contribution >= 4 is 11.9 Å². The molecule has 3 fully saturated rings. The van der Waals surface area contributed by atoms with Crippen molar-refractivity contribution in [2.45, 2.75) is 68.5 Å². The molecule has 3 unspecified atom stereocenters. The second-order valence-corrected chi connectivity index (χ2v) is 8.87. The number of carboxylic acid groups (broad SMARTS) is 1. The van der Waals surface area contributed by atoms with E-state index in [4.69, 9.17) is 19.3 Å². The summed E-state index contributed by atoms with van der Waals surface area (Å²) in [5.41, 5.74) is 0.513. The van der Waals surface area contributed by atoms with Crippen molar-refractivity contribution in [3.05, 3.63) is 29.8 Å². The number of halogens is 1. The van der Waals surface area contributed by atoms with Gasteiger partial charge in [0, 0.05) is 0 Å². The Labute approximate surface area is 186 Å². The molecular formula is C23H31FN2O6. The van der Waals surface area contributed by atoms with Crippen LogP contribution in [0.25, 0.3) is 0 Å². The maximum atomic E-state index is 13.4. The minimum absolute atomic E-state index is 0.0247. The van der Waals surface area contributed by atoms with Crippen LogP contribution in [0.3, 0.4) is 0 Å². The van der Waals surface area contributed by atoms with Gasteiger partial charge >= 0.3 is 5.97 Å². The van der Waals surface area contributed by atoms with Gasteiger partial charge in [-0.15, -0.1) is 0 Å². The molecule has 2 heterocycles. The van der Waals surface area contributed by atoms with Gasteiger partial charge in [-0.25, -0.2) is 4.39 Å². The van der Waals surface area contributed by atoms with Crippen molar-refractivity contribution in [1.82, 2.24) is 10.6 Å². The van der Waals surface area contributed by atoms with Gasteiger partial charge in [0.2, 0.25) is 0 Å². The fourth-order valence-electron chi connectivity index (χ4n) is 4.99. The molecule has 176 valence electrons. The number of carbonyl (C=O) groups excluding carboxylic acids is 1. The van der Waals surface area contributed by atoms with E-state index >= 15 is 0 Å². The van der Waals surface area contributed by atoms with E-state index in [0.29, 0.717) is 18.9 Å². The molecule has 1 amide bonds. The maximum absolute atomic E-state index is 13.4. The van der Waals surface area contributed by atoms with Gasteiger partial charge < -0.3 is 30.0 Å². The molecule has 3 atom stereocenters. The Hall–Kier alpha value is -2.23. The largest absolute Gasteiger partial charge is 0.493 e. The van der Waals surface area contributed by atoms with Gasteiger partial charge in [0.05, 0.1) is 43.9 Å². The lowest BCUT2D eigenvalue weighted by Gasteiger charge is -2.40. The van der Waals surface area contributed by atoms with E-state index in [1.54, 1.807) is 0 Å². The normalized spacial score (nSPS) is 32.6. The molecule has 1 saturated carbocycles. The van der Waals surface area contributed by atoms with Crippen molar-refractivity contribution in [3.8, 4) is 5.75 Å². The number of rotatable bonds is 8. The number of alkyl halides is 1. The van der Waals surface area contributed by atoms with E-state index in [-0.39, 0.29) is 31.8 Å². The number of para-hydroxylation sites is 1. The summed E-state index contributed by atoms with van der Waals surface area (Å²) in [6.07, 6.45) is 2.61. The Kier molecular flexibility index (Phi) is 7.27. The fraction of sp³-hybridized carbons (Fsp3) is 0.652. The van der Waals surface area contributed by atoms with Gasteiger partial charge in [0.15, 0.2) is 0 Å². The molecular weight excluding hydrogens is 419 g/mol. The molecule has 1 spiro atoms. The Morgan fingerprint density at radius 2 is 2.03 bits per heavy atom. The predicted molar refractivity (Wildman–Crippen MR) is 113 cm³/mol. The third-order valence-corrected chi connectivity index (χ3v) is 6.80. The fourth-order valence-corrected chi connectivity index (χ4v) is 4.99. The topological polar surface area (TPSA) is 106 Å². The molecule has 0 bridgehead atoms. The lowest BCUT2D eigenvalue weighted by molar-refractivity contribution is -0.164. The summed E-state index contributed by atoms with van der Waals surface area (Å²) >= 11 is 0. The van der Waals surface area contributed by atoms with Crippen molar-refractivity contribution in [1.29, 1.82) is 0 Å². The Balaban J connectivity index is 1.27. The first-order chi connectivity index (χ1) is 15.5. The third-order valence-electron chi connectivity index (χ3n) is 6.80. The maximum Gasteiger partial charge on any atom is 0.306 e. The van der Waals surface area contributed by atoms with E-state index in [9.17, 15) is 14.0 Å². The first-order valence-electron chi connectivity index (χ1n) is 11.3. The Morgan fingerprint density at radius 3 is 2.78 bits per heavy atom. The zero-order valence-corrected chi connectivity index (χ0v) is 18.1. The number of nitrogens with one attached hydrogen (secondary N) is 2. The van der Waals surface area contributed by atoms with Crippen LogP contribution < -0.4 is 15.4 Å². The monoisotopic (exact) mass is 450 g/mol. The van der Waals surface area contributed by atoms with Gasteiger partial charge in [-0.2, -0.15) is 0 Å². The molecule has 0 aromatic heterocycles. The summed E-state index contributed by atoms with van der Waals surface area (Å²) < 4.78 is 30.4. The second-order valence-electron chi connectivity index (χ2n) is 8.87. The van der Waals surface area contributed by atoms with Crippen molar-refractivity contribution < 1.29 is 33.3 Å². The van der Waals surface area contributed by atoms with Crippen LogP contribution in [0.4, 0.5) is 4.39 Å². The average Bonchev–Trinajstić information content (AvgIpc) is 3.17. The number of carbonyl (C=O) groups is 2. The molecule has 9 heteroatoms. The summed E-state index contributed by atoms with van der Waals surface area (Å²) in [6.45, 7) is 1.46. The predicted octanol–water partition coefficient (Wildman–Crippen LogP) is 2.13. The molecule has 2 saturated heterocycles. The highest BCUT2D eigenvalue weighted by Crippen LogP contribution is 2.38. The molecule has 1 aromatic rings. The lowest BCUT2D eigenvalue weighted by Crippen LogP contribution is -2.65. The van der Waals surface area contributed by atoms with Gasteiger partial charge in [-0.3, -0.25) is 9.59 Å². The first kappa shape index (κ1) is 22.9. The molecule has 3 N–H and O–H groups in total. The van der Waals surface area contributed by atoms with Crippen LogP contribution in [0, 0.1) is 0 Å². The van der Waals surface area contributed by atoms with E-state index < -0.39 is 23.8 Å². The summed E-state index contributed by atoms with van der Waals surface area (Å²) in [7, 11) is 0. The van der Waals surface area contributed by atoms with Gasteiger partial charge in [-0.05, 0) is 56.2 Å². The zero-order valence-electron chi connectivity index (χ0n) is 18.1. The van der Waals surface area contributed by atoms with E-state index in [0.717, 1.165) is 43.5 Å². The summed E-state index contributed by atoms with van der Waals surface area (Å²) in [5.74, 6) is -0.481. The van der Waals surface area contributed by atoms with E-state index in [1.165, 1.54) is 0 Å². The van der Waals surface area contributed by atoms with Gasteiger partial charge in [-0.1, -0.05) is 18.2 Å². The molecule has 8 nitrogen and oxygen atoms in total. The zero-order chi connectivity index (χ0) is 22.6. The SMILES string of the molecule is O=C(O)CCOc1ccccc1[C@H]1CC[C@@H](OCC2NCCC23COC(F)C(=O)N3)CC1. The van der Waals surface area contributed by atoms with Crippen LogP contribution >= 0.6 is 0 Å². The molecule has 1 aliphatic carbocycles. The van der Waals surface area contributed by atoms with E-state index in [1.807, 2.05) is 18.2 Å². The molecule has 4 rings (SSSR count). The van der Waals surface area contributed by atoms with Crippen molar-refractivity contribution in [2.24, 2.45) is 0 Å². The molecule has 2 aliphatic heterocycles. The highest BCUT2D eigenvalue weighted by atomic mass is 19.1. The number of hydrogen-bond acceptors (Lipinski definition) is 6. The van der Waals surface area contributed by atoms with E-state index in [2.05, 4.69) is 16.7 Å². The number of aliphatic carboxylic acids is 1. The van der Waals surface area contributed by atoms with Crippen LogP contribution in [-0.2, 0) is 19.1 Å². The molecule has 1 aromatic carbocycles. The lowest BCUT2D eigenvalue weighted by atomic mass is 9.82. The quantitative estimate of drug-likeness (QED) is 0.557. The Bertz CT molecular complexity index is 815. The summed E-state index contributed by atoms with van der Waals surface area (Å²) in [6, 6.07) is 7.72. The van der Waals surface area contributed by atoms with Crippen LogP contribution in [0.15, 0.2) is 24.3 Å². The van der Waals surface area contributed by atoms with Crippen molar-refractivity contribution in [2.75, 3.05) is 26.4 Å². The minimum atomic E-state index is -1.89. The number of benzene rings is 1. The van der Waals surface area contributed by atoms with Crippen molar-refractivity contribution in [3.63, 3.8) is 0 Å². The molecule has 3 aliphatic rings. The minimum Gasteiger partial charge on any atom is -0.493 e. The number of morpholine rings is 1. The average molecular weight is 451 g/mol. The van der Waals surface area contributed by atoms with Gasteiger partial charge in [0.25, 0.3) is 12.3 Å². The first-order valence-corrected chi connectivity index (χ1v) is 11.3. The number of hydrogen-bond donors (Lipinski definition) is 3. The summed E-state index contributed by atoms with van der Waals surface area (Å²) in [4.78, 5) is 22.5. The Morgan fingerprint density at radius 1 is 1.25 bits per heavy atom. The molecule has 32 heavy (non-hydrogen) atoms. The number of amides is 1. The van der Waals surface area contributed by atoms with Crippen LogP contribution in [0.5, 0.6) is 5.75 Å². The van der Waals surface area contributed by atoms with Crippen LogP contribution in [0.2, 0.25) is 0 Å². The second kappa shape index (κ2) is 10.1. The number of ether oxygens (including phenoxy) is 3. The number of carboxylic acids is 1. The van der Waals surface area contributed by atoms with Crippen LogP contribution in [-0.4, -0.2) is 67.4 Å². The molecule has 0 radical (unpaired) electrons. The highest BCUT2D eigenvalue weighted by molar-refractivity contribution is 5.81. The van der Waals surface area contributed by atoms with Crippen LogP contribution in [0.1, 0.15) is 50.0 Å². The third kappa shape index (κ3) is 5.22. The standard InChI is InChI=1S/C23H31FN2O6/c24-21-22(29)26-23(14-32-21)10-11-25-19(23)13-31-16-7-5-15(6-8-16)17-3-1-2-4-18(17)30-12-9-20(27)28/h1-4,15-16,19,21,25H,5-14H2,(H,26,29)(H,27,28)/t15-,16+,19?,21?,23?.